The maximum atomic E-state index is 12.5. The highest BCUT2D eigenvalue weighted by Gasteiger charge is 2.20. The monoisotopic (exact) mass is 744 g/mol. The Balaban J connectivity index is 1.000. The van der Waals surface area contributed by atoms with E-state index in [1.807, 2.05) is 12.1 Å². The second kappa shape index (κ2) is 18.3. The highest BCUT2D eigenvalue weighted by Crippen LogP contribution is 2.39. The van der Waals surface area contributed by atoms with E-state index < -0.39 is 0 Å². The van der Waals surface area contributed by atoms with Crippen LogP contribution in [0.4, 0.5) is 32.3 Å². The molecule has 14 heteroatoms. The molecule has 0 saturated heterocycles. The number of carbonyl (C=O) groups excluding carboxylic acids is 2. The standard InChI is InChI=1S/C39H40N10O2S2/c1-48(38(50)46-30-9-3-7-26(19-30)24-40)17-5-15-42-36(52)44-32-11-13-34-28(22-32)21-29-23-33(12-14-35(29)34)45-37(53)43-16-6-18-49(2)39(51)47-31-10-4-8-27(20-31)25-41/h3-4,7-14,19-20,22-23H,5-6,15-18,21H2,1-2H3,(H,46,50)(H,47,51)(H2,42,44,52)(H2,43,45,53). The predicted molar refractivity (Wildman–Crippen MR) is 218 cm³/mol. The lowest BCUT2D eigenvalue weighted by Gasteiger charge is -2.18. The van der Waals surface area contributed by atoms with Crippen LogP contribution in [0, 0.1) is 22.7 Å². The number of nitrogens with zero attached hydrogens (tertiary/aromatic N) is 4. The lowest BCUT2D eigenvalue weighted by molar-refractivity contribution is 0.221. The molecule has 0 heterocycles. The van der Waals surface area contributed by atoms with Crippen LogP contribution in [0.25, 0.3) is 11.1 Å². The van der Waals surface area contributed by atoms with Gasteiger partial charge >= 0.3 is 12.1 Å². The van der Waals surface area contributed by atoms with Crippen molar-refractivity contribution in [2.75, 3.05) is 61.5 Å². The molecule has 53 heavy (non-hydrogen) atoms. The maximum Gasteiger partial charge on any atom is 0.321 e. The fourth-order valence-corrected chi connectivity index (χ4v) is 6.17. The SMILES string of the molecule is CN(CCCNC(=S)Nc1ccc2c(c1)Cc1cc(NC(=S)NCCCN(C)C(=O)Nc3cccc(C#N)c3)ccc1-2)C(=O)Nc1cccc(C#N)c1. The number of urea groups is 2. The van der Waals surface area contributed by atoms with Crippen LogP contribution in [-0.4, -0.2) is 72.4 Å². The number of hydrogen-bond donors (Lipinski definition) is 6. The van der Waals surface area contributed by atoms with E-state index in [0.717, 1.165) is 17.8 Å². The zero-order valence-corrected chi connectivity index (χ0v) is 31.1. The van der Waals surface area contributed by atoms with Crippen LogP contribution in [-0.2, 0) is 6.42 Å². The molecule has 0 aromatic heterocycles. The zero-order chi connectivity index (χ0) is 37.7. The number of nitrogens with one attached hydrogen (secondary N) is 6. The van der Waals surface area contributed by atoms with E-state index in [1.54, 1.807) is 72.4 Å². The normalized spacial score (nSPS) is 10.7. The number of fused-ring (bicyclic) bond motifs is 3. The van der Waals surface area contributed by atoms with E-state index in [4.69, 9.17) is 35.0 Å². The summed E-state index contributed by atoms with van der Waals surface area (Å²) in [5.41, 5.74) is 8.68. The Hall–Kier alpha value is -6.22. The second-order valence-corrected chi connectivity index (χ2v) is 13.3. The first-order valence-electron chi connectivity index (χ1n) is 17.0. The van der Waals surface area contributed by atoms with Crippen molar-refractivity contribution in [1.29, 1.82) is 10.5 Å². The molecule has 0 spiro atoms. The minimum Gasteiger partial charge on any atom is -0.362 e. The highest BCUT2D eigenvalue weighted by atomic mass is 32.1. The molecule has 0 fully saturated rings. The van der Waals surface area contributed by atoms with Crippen LogP contribution in [0.3, 0.4) is 0 Å². The Morgan fingerprint density at radius 2 is 1.04 bits per heavy atom. The van der Waals surface area contributed by atoms with Crippen molar-refractivity contribution in [1.82, 2.24) is 20.4 Å². The molecule has 0 radical (unpaired) electrons. The summed E-state index contributed by atoms with van der Waals surface area (Å²) in [7, 11) is 3.45. The van der Waals surface area contributed by atoms with Crippen molar-refractivity contribution in [2.45, 2.75) is 19.3 Å². The van der Waals surface area contributed by atoms with E-state index in [9.17, 15) is 9.59 Å². The van der Waals surface area contributed by atoms with Gasteiger partial charge in [0.05, 0.1) is 23.3 Å². The van der Waals surface area contributed by atoms with E-state index in [-0.39, 0.29) is 12.1 Å². The number of rotatable bonds is 12. The molecule has 0 bridgehead atoms. The van der Waals surface area contributed by atoms with E-state index >= 15 is 0 Å². The molecule has 1 aliphatic rings. The van der Waals surface area contributed by atoms with Crippen LogP contribution in [0.15, 0.2) is 84.9 Å². The van der Waals surface area contributed by atoms with Gasteiger partial charge in [0, 0.05) is 63.0 Å². The fraction of sp³-hybridized carbons (Fsp3) is 0.231. The molecule has 4 aromatic carbocycles. The Morgan fingerprint density at radius 1 is 0.623 bits per heavy atom. The van der Waals surface area contributed by atoms with Gasteiger partial charge in [0.2, 0.25) is 0 Å². The number of anilines is 4. The van der Waals surface area contributed by atoms with Gasteiger partial charge in [0.15, 0.2) is 10.2 Å². The van der Waals surface area contributed by atoms with Gasteiger partial charge in [0.25, 0.3) is 0 Å². The largest absolute Gasteiger partial charge is 0.362 e. The van der Waals surface area contributed by atoms with Crippen LogP contribution in [0.1, 0.15) is 35.1 Å². The Bertz CT molecular complexity index is 1940. The number of nitriles is 2. The number of hydrogen-bond acceptors (Lipinski definition) is 6. The second-order valence-electron chi connectivity index (χ2n) is 12.5. The number of thiocarbonyl (C=S) groups is 2. The molecule has 5 rings (SSSR count). The smallest absolute Gasteiger partial charge is 0.321 e. The maximum absolute atomic E-state index is 12.5. The van der Waals surface area contributed by atoms with Crippen molar-refractivity contribution in [2.24, 2.45) is 0 Å². The molecule has 4 amide bonds. The van der Waals surface area contributed by atoms with E-state index in [0.29, 0.717) is 71.7 Å². The van der Waals surface area contributed by atoms with Gasteiger partial charge in [-0.25, -0.2) is 9.59 Å². The van der Waals surface area contributed by atoms with Gasteiger partial charge < -0.3 is 41.7 Å². The quantitative estimate of drug-likeness (QED) is 0.0601. The molecule has 0 saturated carbocycles. The van der Waals surface area contributed by atoms with Gasteiger partial charge in [-0.2, -0.15) is 10.5 Å². The average Bonchev–Trinajstić information content (AvgIpc) is 3.51. The lowest BCUT2D eigenvalue weighted by atomic mass is 10.1. The van der Waals surface area contributed by atoms with E-state index in [1.165, 1.54) is 22.3 Å². The minimum absolute atomic E-state index is 0.247. The molecule has 4 aromatic rings. The zero-order valence-electron chi connectivity index (χ0n) is 29.5. The predicted octanol–water partition coefficient (Wildman–Crippen LogP) is 6.68. The number of amides is 4. The molecule has 0 atom stereocenters. The number of carbonyl (C=O) groups is 2. The summed E-state index contributed by atoms with van der Waals surface area (Å²) in [6, 6.07) is 29.7. The summed E-state index contributed by atoms with van der Waals surface area (Å²) in [6.07, 6.45) is 2.16. The first-order chi connectivity index (χ1) is 25.6. The summed E-state index contributed by atoms with van der Waals surface area (Å²) in [6.45, 7) is 2.22. The summed E-state index contributed by atoms with van der Waals surface area (Å²) in [4.78, 5) is 28.2. The van der Waals surface area contributed by atoms with E-state index in [2.05, 4.69) is 68.3 Å². The van der Waals surface area contributed by atoms with Gasteiger partial charge in [-0.15, -0.1) is 0 Å². The Kier molecular flexibility index (Phi) is 13.1. The fourth-order valence-electron chi connectivity index (χ4n) is 5.73. The first kappa shape index (κ1) is 38.0. The molecular formula is C39H40N10O2S2. The molecule has 270 valence electrons. The van der Waals surface area contributed by atoms with Crippen molar-refractivity contribution in [3.63, 3.8) is 0 Å². The van der Waals surface area contributed by atoms with Gasteiger partial charge in [0.1, 0.15) is 0 Å². The number of benzene rings is 4. The summed E-state index contributed by atoms with van der Waals surface area (Å²) < 4.78 is 0. The van der Waals surface area contributed by atoms with Crippen molar-refractivity contribution in [3.8, 4) is 23.3 Å². The molecule has 6 N–H and O–H groups in total. The van der Waals surface area contributed by atoms with Gasteiger partial charge in [-0.1, -0.05) is 24.3 Å². The van der Waals surface area contributed by atoms with Crippen LogP contribution in [0.2, 0.25) is 0 Å². The first-order valence-corrected chi connectivity index (χ1v) is 17.8. The van der Waals surface area contributed by atoms with Crippen LogP contribution < -0.4 is 31.9 Å². The van der Waals surface area contributed by atoms with Crippen LogP contribution >= 0.6 is 24.4 Å². The highest BCUT2D eigenvalue weighted by molar-refractivity contribution is 7.80. The average molecular weight is 745 g/mol. The molecule has 1 aliphatic carbocycles. The molecule has 12 nitrogen and oxygen atoms in total. The third kappa shape index (κ3) is 10.9. The lowest BCUT2D eigenvalue weighted by Crippen LogP contribution is -2.35. The summed E-state index contributed by atoms with van der Waals surface area (Å²) >= 11 is 11.1. The van der Waals surface area contributed by atoms with Gasteiger partial charge in [-0.05, 0) is 127 Å². The van der Waals surface area contributed by atoms with Crippen molar-refractivity contribution >= 4 is 69.5 Å². The summed E-state index contributed by atoms with van der Waals surface area (Å²) in [5, 5.41) is 37.7. The molecule has 0 aliphatic heterocycles. The van der Waals surface area contributed by atoms with Crippen LogP contribution in [0.5, 0.6) is 0 Å². The minimum atomic E-state index is -0.247. The van der Waals surface area contributed by atoms with Crippen molar-refractivity contribution in [3.05, 3.63) is 107 Å². The third-order valence-corrected chi connectivity index (χ3v) is 8.98. The summed E-state index contributed by atoms with van der Waals surface area (Å²) in [5.74, 6) is 0. The van der Waals surface area contributed by atoms with Gasteiger partial charge in [-0.3, -0.25) is 0 Å². The molecular weight excluding hydrogens is 705 g/mol. The topological polar surface area (TPSA) is 160 Å². The van der Waals surface area contributed by atoms with Crippen molar-refractivity contribution < 1.29 is 9.59 Å². The molecule has 0 unspecified atom stereocenters. The Labute approximate surface area is 320 Å². The Morgan fingerprint density at radius 3 is 1.45 bits per heavy atom. The third-order valence-electron chi connectivity index (χ3n) is 8.49.